The van der Waals surface area contributed by atoms with Crippen molar-refractivity contribution >= 4 is 16.5 Å². The van der Waals surface area contributed by atoms with Crippen LogP contribution in [0, 0.1) is 0 Å². The average molecular weight is 297 g/mol. The van der Waals surface area contributed by atoms with E-state index in [2.05, 4.69) is 44.8 Å². The zero-order valence-corrected chi connectivity index (χ0v) is 14.4. The molecule has 0 radical (unpaired) electrons. The fourth-order valence-corrected chi connectivity index (χ4v) is 4.16. The highest BCUT2D eigenvalue weighted by Crippen LogP contribution is 2.34. The highest BCUT2D eigenvalue weighted by atomic mass is 32.1. The summed E-state index contributed by atoms with van der Waals surface area (Å²) in [7, 11) is 1.99. The quantitative estimate of drug-likeness (QED) is 0.927. The molecule has 1 aliphatic rings. The maximum absolute atomic E-state index is 6.15. The Balaban J connectivity index is 2.26. The lowest BCUT2D eigenvalue weighted by Gasteiger charge is -2.47. The Hall–Kier alpha value is -0.650. The van der Waals surface area contributed by atoms with E-state index in [0.717, 1.165) is 31.2 Å². The van der Waals surface area contributed by atoms with Gasteiger partial charge in [-0.2, -0.15) is 0 Å². The van der Waals surface area contributed by atoms with Gasteiger partial charge < -0.3 is 15.0 Å². The van der Waals surface area contributed by atoms with E-state index >= 15 is 0 Å². The lowest BCUT2D eigenvalue weighted by atomic mass is 9.99. The number of thiazole rings is 1. The van der Waals surface area contributed by atoms with Gasteiger partial charge in [-0.05, 0) is 41.2 Å². The van der Waals surface area contributed by atoms with Crippen molar-refractivity contribution in [3.63, 3.8) is 0 Å². The minimum atomic E-state index is -0.136. The number of aromatic nitrogens is 1. The molecule has 0 amide bonds. The van der Waals surface area contributed by atoms with E-state index in [0.29, 0.717) is 0 Å². The molecule has 5 heteroatoms. The second-order valence-corrected chi connectivity index (χ2v) is 7.79. The Labute approximate surface area is 126 Å². The third-order valence-electron chi connectivity index (χ3n) is 3.41. The van der Waals surface area contributed by atoms with E-state index in [1.54, 1.807) is 0 Å². The SMILES string of the molecule is CCc1nc(N2CC(C)(C)OC(C)(C)C2)sc1CNC. The Bertz CT molecular complexity index is 452. The molecule has 1 saturated heterocycles. The molecule has 1 aromatic rings. The van der Waals surface area contributed by atoms with Crippen molar-refractivity contribution in [3.05, 3.63) is 10.6 Å². The molecular weight excluding hydrogens is 270 g/mol. The number of anilines is 1. The zero-order chi connectivity index (χ0) is 15.0. The van der Waals surface area contributed by atoms with Gasteiger partial charge in [0.15, 0.2) is 5.13 Å². The molecule has 20 heavy (non-hydrogen) atoms. The van der Waals surface area contributed by atoms with Gasteiger partial charge in [0.25, 0.3) is 0 Å². The summed E-state index contributed by atoms with van der Waals surface area (Å²) in [5, 5.41) is 4.37. The Morgan fingerprint density at radius 2 is 1.85 bits per heavy atom. The fourth-order valence-electron chi connectivity index (χ4n) is 3.00. The maximum atomic E-state index is 6.15. The number of hydrogen-bond acceptors (Lipinski definition) is 5. The van der Waals surface area contributed by atoms with Crippen LogP contribution in [-0.2, 0) is 17.7 Å². The number of ether oxygens (including phenoxy) is 1. The van der Waals surface area contributed by atoms with Gasteiger partial charge in [0.1, 0.15) is 0 Å². The summed E-state index contributed by atoms with van der Waals surface area (Å²) in [5.41, 5.74) is 0.952. The monoisotopic (exact) mass is 297 g/mol. The molecule has 0 unspecified atom stereocenters. The minimum absolute atomic E-state index is 0.136. The molecule has 1 N–H and O–H groups in total. The highest BCUT2D eigenvalue weighted by molar-refractivity contribution is 7.15. The lowest BCUT2D eigenvalue weighted by molar-refractivity contribution is -0.133. The average Bonchev–Trinajstić information content (AvgIpc) is 2.68. The number of rotatable bonds is 4. The van der Waals surface area contributed by atoms with Crippen LogP contribution in [0.15, 0.2) is 0 Å². The molecule has 4 nitrogen and oxygen atoms in total. The van der Waals surface area contributed by atoms with Crippen molar-refractivity contribution in [1.82, 2.24) is 10.3 Å². The van der Waals surface area contributed by atoms with Gasteiger partial charge in [-0.15, -0.1) is 11.3 Å². The number of nitrogens with one attached hydrogen (secondary N) is 1. The first kappa shape index (κ1) is 15.7. The van der Waals surface area contributed by atoms with Crippen molar-refractivity contribution in [2.75, 3.05) is 25.0 Å². The third-order valence-corrected chi connectivity index (χ3v) is 4.56. The van der Waals surface area contributed by atoms with Crippen LogP contribution in [0.3, 0.4) is 0 Å². The minimum Gasteiger partial charge on any atom is -0.366 e. The zero-order valence-electron chi connectivity index (χ0n) is 13.5. The molecule has 0 spiro atoms. The van der Waals surface area contributed by atoms with Crippen LogP contribution in [-0.4, -0.2) is 36.3 Å². The maximum Gasteiger partial charge on any atom is 0.186 e. The van der Waals surface area contributed by atoms with Gasteiger partial charge in [0.05, 0.1) is 16.9 Å². The van der Waals surface area contributed by atoms with E-state index in [9.17, 15) is 0 Å². The van der Waals surface area contributed by atoms with E-state index in [-0.39, 0.29) is 11.2 Å². The molecule has 2 rings (SSSR count). The van der Waals surface area contributed by atoms with Crippen LogP contribution < -0.4 is 10.2 Å². The van der Waals surface area contributed by atoms with Crippen molar-refractivity contribution < 1.29 is 4.74 Å². The molecule has 1 aliphatic heterocycles. The third kappa shape index (κ3) is 3.51. The summed E-state index contributed by atoms with van der Waals surface area (Å²) in [6.07, 6.45) is 0.991. The number of morpholine rings is 1. The van der Waals surface area contributed by atoms with Crippen molar-refractivity contribution in [3.8, 4) is 0 Å². The standard InChI is InChI=1S/C15H27N3OS/c1-7-11-12(8-16-6)20-13(17-11)18-9-14(2,3)19-15(4,5)10-18/h16H,7-10H2,1-6H3. The molecule has 2 heterocycles. The van der Waals surface area contributed by atoms with E-state index in [1.807, 2.05) is 18.4 Å². The smallest absolute Gasteiger partial charge is 0.186 e. The second kappa shape index (κ2) is 5.62. The molecular formula is C15H27N3OS. The summed E-state index contributed by atoms with van der Waals surface area (Å²) in [5.74, 6) is 0. The van der Waals surface area contributed by atoms with E-state index in [1.165, 1.54) is 10.6 Å². The van der Waals surface area contributed by atoms with Gasteiger partial charge >= 0.3 is 0 Å². The first-order valence-corrected chi connectivity index (χ1v) is 8.16. The van der Waals surface area contributed by atoms with Gasteiger partial charge in [-0.1, -0.05) is 6.92 Å². The molecule has 0 bridgehead atoms. The predicted molar refractivity (Wildman–Crippen MR) is 85.7 cm³/mol. The van der Waals surface area contributed by atoms with Crippen LogP contribution in [0.5, 0.6) is 0 Å². The van der Waals surface area contributed by atoms with Crippen molar-refractivity contribution in [2.24, 2.45) is 0 Å². The molecule has 0 aliphatic carbocycles. The molecule has 0 aromatic carbocycles. The molecule has 1 fully saturated rings. The number of aryl methyl sites for hydroxylation is 1. The summed E-state index contributed by atoms with van der Waals surface area (Å²) in [4.78, 5) is 8.59. The normalized spacial score (nSPS) is 21.2. The summed E-state index contributed by atoms with van der Waals surface area (Å²) in [6, 6.07) is 0. The fraction of sp³-hybridized carbons (Fsp3) is 0.800. The van der Waals surface area contributed by atoms with Gasteiger partial charge in [-0.3, -0.25) is 0 Å². The van der Waals surface area contributed by atoms with E-state index < -0.39 is 0 Å². The Morgan fingerprint density at radius 3 is 2.35 bits per heavy atom. The van der Waals surface area contributed by atoms with Crippen LogP contribution in [0.1, 0.15) is 45.2 Å². The second-order valence-electron chi connectivity index (χ2n) is 6.73. The first-order chi connectivity index (χ1) is 9.26. The van der Waals surface area contributed by atoms with Crippen LogP contribution in [0.25, 0.3) is 0 Å². The molecule has 0 saturated carbocycles. The summed E-state index contributed by atoms with van der Waals surface area (Å²) >= 11 is 1.81. The van der Waals surface area contributed by atoms with Crippen molar-refractivity contribution in [1.29, 1.82) is 0 Å². The Morgan fingerprint density at radius 1 is 1.25 bits per heavy atom. The lowest BCUT2D eigenvalue weighted by Crippen LogP contribution is -2.57. The van der Waals surface area contributed by atoms with E-state index in [4.69, 9.17) is 9.72 Å². The first-order valence-electron chi connectivity index (χ1n) is 7.34. The molecule has 0 atom stereocenters. The largest absolute Gasteiger partial charge is 0.366 e. The summed E-state index contributed by atoms with van der Waals surface area (Å²) < 4.78 is 6.15. The number of hydrogen-bond donors (Lipinski definition) is 1. The Kier molecular flexibility index (Phi) is 4.42. The summed E-state index contributed by atoms with van der Waals surface area (Å²) in [6.45, 7) is 13.5. The van der Waals surface area contributed by atoms with Gasteiger partial charge in [0.2, 0.25) is 0 Å². The topological polar surface area (TPSA) is 37.4 Å². The number of nitrogens with zero attached hydrogens (tertiary/aromatic N) is 2. The predicted octanol–water partition coefficient (Wildman–Crippen LogP) is 2.82. The van der Waals surface area contributed by atoms with Gasteiger partial charge in [0, 0.05) is 24.5 Å². The van der Waals surface area contributed by atoms with Crippen LogP contribution in [0.4, 0.5) is 5.13 Å². The molecule has 1 aromatic heterocycles. The van der Waals surface area contributed by atoms with Crippen molar-refractivity contribution in [2.45, 2.75) is 58.8 Å². The highest BCUT2D eigenvalue weighted by Gasteiger charge is 2.39. The molecule has 114 valence electrons. The van der Waals surface area contributed by atoms with Crippen LogP contribution >= 0.6 is 11.3 Å². The van der Waals surface area contributed by atoms with Gasteiger partial charge in [-0.25, -0.2) is 4.98 Å². The van der Waals surface area contributed by atoms with Crippen LogP contribution in [0.2, 0.25) is 0 Å².